The Hall–Kier alpha value is -0.640. The summed E-state index contributed by atoms with van der Waals surface area (Å²) in [6.07, 6.45) is 2.12. The molecule has 0 bridgehead atoms. The molecule has 0 atom stereocenters. The molecule has 84 valence electrons. The number of halogens is 3. The van der Waals surface area contributed by atoms with Crippen LogP contribution in [0.4, 0.5) is 4.39 Å². The maximum atomic E-state index is 13.5. The van der Waals surface area contributed by atoms with Crippen LogP contribution in [0.15, 0.2) is 24.4 Å². The highest BCUT2D eigenvalue weighted by Gasteiger charge is 2.10. The van der Waals surface area contributed by atoms with E-state index >= 15 is 0 Å². The third kappa shape index (κ3) is 2.54. The molecular formula is C11H8Cl2FNS. The highest BCUT2D eigenvalue weighted by molar-refractivity contribution is 7.11. The SMILES string of the molecule is Fc1cccc(Cl)c1Cc1ncc(CCl)s1. The lowest BCUT2D eigenvalue weighted by Crippen LogP contribution is -1.92. The maximum absolute atomic E-state index is 13.5. The molecule has 0 spiro atoms. The Morgan fingerprint density at radius 1 is 1.38 bits per heavy atom. The number of aromatic nitrogens is 1. The van der Waals surface area contributed by atoms with Crippen LogP contribution >= 0.6 is 34.5 Å². The van der Waals surface area contributed by atoms with Crippen molar-refractivity contribution >= 4 is 34.5 Å². The molecule has 0 unspecified atom stereocenters. The van der Waals surface area contributed by atoms with Crippen LogP contribution in [0.25, 0.3) is 0 Å². The van der Waals surface area contributed by atoms with Crippen molar-refractivity contribution in [3.8, 4) is 0 Å². The molecule has 0 radical (unpaired) electrons. The Balaban J connectivity index is 2.26. The van der Waals surface area contributed by atoms with Crippen molar-refractivity contribution in [1.29, 1.82) is 0 Å². The van der Waals surface area contributed by atoms with E-state index in [1.54, 1.807) is 18.3 Å². The zero-order chi connectivity index (χ0) is 11.5. The van der Waals surface area contributed by atoms with Gasteiger partial charge in [-0.05, 0) is 12.1 Å². The van der Waals surface area contributed by atoms with E-state index in [9.17, 15) is 4.39 Å². The Kier molecular flexibility index (Phi) is 3.79. The molecular weight excluding hydrogens is 268 g/mol. The van der Waals surface area contributed by atoms with Crippen LogP contribution < -0.4 is 0 Å². The summed E-state index contributed by atoms with van der Waals surface area (Å²) in [5, 5.41) is 1.25. The summed E-state index contributed by atoms with van der Waals surface area (Å²) < 4.78 is 13.5. The van der Waals surface area contributed by atoms with E-state index in [4.69, 9.17) is 23.2 Å². The van der Waals surface area contributed by atoms with Crippen LogP contribution in [0.3, 0.4) is 0 Å². The molecule has 2 rings (SSSR count). The van der Waals surface area contributed by atoms with Gasteiger partial charge in [0.2, 0.25) is 0 Å². The first-order chi connectivity index (χ1) is 7.70. The van der Waals surface area contributed by atoms with E-state index < -0.39 is 0 Å². The number of hydrogen-bond donors (Lipinski definition) is 0. The van der Waals surface area contributed by atoms with Crippen molar-refractivity contribution < 1.29 is 4.39 Å². The monoisotopic (exact) mass is 275 g/mol. The Labute approximate surface area is 107 Å². The second-order valence-electron chi connectivity index (χ2n) is 3.23. The first-order valence-electron chi connectivity index (χ1n) is 4.63. The summed E-state index contributed by atoms with van der Waals surface area (Å²) in [5.74, 6) is 0.137. The fourth-order valence-corrected chi connectivity index (χ4v) is 2.59. The number of hydrogen-bond acceptors (Lipinski definition) is 2. The molecule has 2 aromatic rings. The zero-order valence-corrected chi connectivity index (χ0v) is 10.5. The van der Waals surface area contributed by atoms with Gasteiger partial charge in [0, 0.05) is 28.1 Å². The standard InChI is InChI=1S/C11H8Cl2FNS/c12-5-7-6-15-11(16-7)4-8-9(13)2-1-3-10(8)14/h1-3,6H,4-5H2. The van der Waals surface area contributed by atoms with Crippen molar-refractivity contribution in [2.75, 3.05) is 0 Å². The summed E-state index contributed by atoms with van der Waals surface area (Å²) in [6.45, 7) is 0. The van der Waals surface area contributed by atoms with Crippen LogP contribution in [-0.4, -0.2) is 4.98 Å². The molecule has 0 fully saturated rings. The third-order valence-electron chi connectivity index (χ3n) is 2.12. The number of benzene rings is 1. The van der Waals surface area contributed by atoms with Crippen LogP contribution in [0.5, 0.6) is 0 Å². The maximum Gasteiger partial charge on any atom is 0.128 e. The van der Waals surface area contributed by atoms with Gasteiger partial charge in [0.15, 0.2) is 0 Å². The van der Waals surface area contributed by atoms with Crippen molar-refractivity contribution in [2.45, 2.75) is 12.3 Å². The number of nitrogens with zero attached hydrogens (tertiary/aromatic N) is 1. The van der Waals surface area contributed by atoms with Gasteiger partial charge in [0.25, 0.3) is 0 Å². The van der Waals surface area contributed by atoms with Crippen molar-refractivity contribution in [3.63, 3.8) is 0 Å². The first kappa shape index (κ1) is 11.8. The molecule has 16 heavy (non-hydrogen) atoms. The van der Waals surface area contributed by atoms with Gasteiger partial charge in [-0.25, -0.2) is 9.37 Å². The molecule has 0 aliphatic heterocycles. The highest BCUT2D eigenvalue weighted by atomic mass is 35.5. The van der Waals surface area contributed by atoms with Gasteiger partial charge in [-0.3, -0.25) is 0 Å². The molecule has 0 N–H and O–H groups in total. The minimum atomic E-state index is -0.296. The molecule has 0 saturated heterocycles. The molecule has 0 aliphatic carbocycles. The fraction of sp³-hybridized carbons (Fsp3) is 0.182. The molecule has 0 aliphatic rings. The van der Waals surface area contributed by atoms with Crippen molar-refractivity contribution in [2.24, 2.45) is 0 Å². The zero-order valence-electron chi connectivity index (χ0n) is 8.21. The minimum absolute atomic E-state index is 0.296. The Morgan fingerprint density at radius 2 is 2.19 bits per heavy atom. The van der Waals surface area contributed by atoms with Crippen LogP contribution in [0.1, 0.15) is 15.4 Å². The lowest BCUT2D eigenvalue weighted by Gasteiger charge is -2.02. The van der Waals surface area contributed by atoms with Crippen LogP contribution in [0.2, 0.25) is 5.02 Å². The van der Waals surface area contributed by atoms with E-state index in [1.165, 1.54) is 17.4 Å². The molecule has 1 nitrogen and oxygen atoms in total. The molecule has 1 aromatic heterocycles. The molecule has 0 saturated carbocycles. The summed E-state index contributed by atoms with van der Waals surface area (Å²) in [5.41, 5.74) is 0.486. The average molecular weight is 276 g/mol. The summed E-state index contributed by atoms with van der Waals surface area (Å²) in [6, 6.07) is 4.67. The van der Waals surface area contributed by atoms with E-state index in [2.05, 4.69) is 4.98 Å². The summed E-state index contributed by atoms with van der Waals surface area (Å²) in [4.78, 5) is 5.15. The summed E-state index contributed by atoms with van der Waals surface area (Å²) >= 11 is 13.1. The van der Waals surface area contributed by atoms with Gasteiger partial charge in [0.1, 0.15) is 5.82 Å². The van der Waals surface area contributed by atoms with Crippen molar-refractivity contribution in [1.82, 2.24) is 4.98 Å². The Morgan fingerprint density at radius 3 is 2.81 bits per heavy atom. The van der Waals surface area contributed by atoms with Gasteiger partial charge in [-0.2, -0.15) is 0 Å². The number of alkyl halides is 1. The second kappa shape index (κ2) is 5.13. The minimum Gasteiger partial charge on any atom is -0.249 e. The van der Waals surface area contributed by atoms with Gasteiger partial charge in [0.05, 0.1) is 10.9 Å². The van der Waals surface area contributed by atoms with Gasteiger partial charge in [-0.1, -0.05) is 17.7 Å². The van der Waals surface area contributed by atoms with E-state index in [0.717, 1.165) is 9.88 Å². The average Bonchev–Trinajstić information content (AvgIpc) is 2.71. The number of thiazole rings is 1. The topological polar surface area (TPSA) is 12.9 Å². The third-order valence-corrected chi connectivity index (χ3v) is 3.92. The highest BCUT2D eigenvalue weighted by Crippen LogP contribution is 2.24. The van der Waals surface area contributed by atoms with Crippen molar-refractivity contribution in [3.05, 3.63) is 50.7 Å². The lowest BCUT2D eigenvalue weighted by molar-refractivity contribution is 0.614. The normalized spacial score (nSPS) is 10.7. The van der Waals surface area contributed by atoms with Gasteiger partial charge >= 0.3 is 0 Å². The molecule has 1 heterocycles. The second-order valence-corrected chi connectivity index (χ2v) is 5.11. The smallest absolute Gasteiger partial charge is 0.128 e. The van der Waals surface area contributed by atoms with Gasteiger partial charge < -0.3 is 0 Å². The fourth-order valence-electron chi connectivity index (χ4n) is 1.34. The Bertz CT molecular complexity index is 478. The predicted octanol–water partition coefficient (Wildman–Crippen LogP) is 4.27. The first-order valence-corrected chi connectivity index (χ1v) is 6.36. The number of rotatable bonds is 3. The summed E-state index contributed by atoms with van der Waals surface area (Å²) in [7, 11) is 0. The van der Waals surface area contributed by atoms with E-state index in [1.807, 2.05) is 0 Å². The van der Waals surface area contributed by atoms with E-state index in [0.29, 0.717) is 22.9 Å². The molecule has 1 aromatic carbocycles. The molecule has 5 heteroatoms. The van der Waals surface area contributed by atoms with Gasteiger partial charge in [-0.15, -0.1) is 22.9 Å². The molecule has 0 amide bonds. The predicted molar refractivity (Wildman–Crippen MR) is 65.9 cm³/mol. The lowest BCUT2D eigenvalue weighted by atomic mass is 10.1. The van der Waals surface area contributed by atoms with Crippen LogP contribution in [0, 0.1) is 5.82 Å². The van der Waals surface area contributed by atoms with E-state index in [-0.39, 0.29) is 5.82 Å². The van der Waals surface area contributed by atoms with Crippen LogP contribution in [-0.2, 0) is 12.3 Å². The largest absolute Gasteiger partial charge is 0.249 e. The quantitative estimate of drug-likeness (QED) is 0.763.